The Labute approximate surface area is 105 Å². The number of aliphatic carboxylic acids is 1. The maximum absolute atomic E-state index is 11.5. The van der Waals surface area contributed by atoms with Gasteiger partial charge in [-0.3, -0.25) is 4.79 Å². The average Bonchev–Trinajstić information content (AvgIpc) is 2.24. The molecule has 0 radical (unpaired) electrons. The highest BCUT2D eigenvalue weighted by atomic mass is 16.4. The van der Waals surface area contributed by atoms with Crippen molar-refractivity contribution in [2.75, 3.05) is 6.61 Å². The molecule has 8 nitrogen and oxygen atoms in total. The summed E-state index contributed by atoms with van der Waals surface area (Å²) >= 11 is 0. The topological polar surface area (TPSA) is 128 Å². The molecule has 0 heterocycles. The van der Waals surface area contributed by atoms with E-state index in [1.165, 1.54) is 6.92 Å². The lowest BCUT2D eigenvalue weighted by Crippen LogP contribution is -2.53. The lowest BCUT2D eigenvalue weighted by molar-refractivity contribution is -0.140. The van der Waals surface area contributed by atoms with Gasteiger partial charge in [-0.05, 0) is 20.8 Å². The van der Waals surface area contributed by atoms with Crippen LogP contribution in [0.15, 0.2) is 0 Å². The summed E-state index contributed by atoms with van der Waals surface area (Å²) in [5.41, 5.74) is 0. The van der Waals surface area contributed by atoms with E-state index in [0.29, 0.717) is 0 Å². The lowest BCUT2D eigenvalue weighted by atomic mass is 10.3. The number of hydrogen-bond donors (Lipinski definition) is 5. The maximum Gasteiger partial charge on any atom is 0.328 e. The quantitative estimate of drug-likeness (QED) is 0.403. The monoisotopic (exact) mass is 261 g/mol. The number of aliphatic hydroxyl groups is 1. The first-order valence-electron chi connectivity index (χ1n) is 5.49. The van der Waals surface area contributed by atoms with Gasteiger partial charge in [0.05, 0.1) is 6.61 Å². The fourth-order valence-corrected chi connectivity index (χ4v) is 1.06. The van der Waals surface area contributed by atoms with E-state index in [0.717, 1.165) is 0 Å². The van der Waals surface area contributed by atoms with Crippen LogP contribution in [0.5, 0.6) is 0 Å². The minimum atomic E-state index is -1.40. The molecule has 18 heavy (non-hydrogen) atoms. The summed E-state index contributed by atoms with van der Waals surface area (Å²) in [7, 11) is 0. The Bertz CT molecular complexity index is 319. The van der Waals surface area contributed by atoms with Crippen molar-refractivity contribution in [1.29, 1.82) is 0 Å². The standard InChI is InChI=1S/C10H19N3O5/c1-5(2)11-8(15)6(3)12-10(18)13-7(4-14)9(16)17/h5-7,14H,4H2,1-3H3,(H,11,15)(H,16,17)(H2,12,13,18)/t6?,7-/m0/s1. The van der Waals surface area contributed by atoms with E-state index < -0.39 is 30.7 Å². The Morgan fingerprint density at radius 1 is 1.06 bits per heavy atom. The fourth-order valence-electron chi connectivity index (χ4n) is 1.06. The second-order valence-electron chi connectivity index (χ2n) is 4.08. The molecule has 0 rings (SSSR count). The number of carboxylic acids is 1. The number of carboxylic acid groups (broad SMARTS) is 1. The van der Waals surface area contributed by atoms with Crippen LogP contribution in [-0.2, 0) is 9.59 Å². The van der Waals surface area contributed by atoms with Crippen LogP contribution in [0.4, 0.5) is 4.79 Å². The molecule has 2 atom stereocenters. The van der Waals surface area contributed by atoms with Gasteiger partial charge in [-0.2, -0.15) is 0 Å². The summed E-state index contributed by atoms with van der Waals surface area (Å²) in [5, 5.41) is 24.2. The maximum atomic E-state index is 11.5. The van der Waals surface area contributed by atoms with Gasteiger partial charge in [0.15, 0.2) is 6.04 Å². The van der Waals surface area contributed by atoms with E-state index >= 15 is 0 Å². The molecule has 0 saturated heterocycles. The highest BCUT2D eigenvalue weighted by molar-refractivity contribution is 5.88. The molecule has 1 unspecified atom stereocenters. The number of nitrogens with one attached hydrogen (secondary N) is 3. The number of hydrogen-bond acceptors (Lipinski definition) is 4. The van der Waals surface area contributed by atoms with Gasteiger partial charge in [-0.1, -0.05) is 0 Å². The normalized spacial score (nSPS) is 13.6. The van der Waals surface area contributed by atoms with E-state index in [2.05, 4.69) is 10.6 Å². The van der Waals surface area contributed by atoms with Gasteiger partial charge in [0.1, 0.15) is 6.04 Å². The molecule has 0 aliphatic heterocycles. The second kappa shape index (κ2) is 7.49. The molecule has 0 bridgehead atoms. The Morgan fingerprint density at radius 3 is 2.00 bits per heavy atom. The number of rotatable bonds is 6. The van der Waals surface area contributed by atoms with Gasteiger partial charge >= 0.3 is 12.0 Å². The average molecular weight is 261 g/mol. The fraction of sp³-hybridized carbons (Fsp3) is 0.700. The van der Waals surface area contributed by atoms with E-state index in [9.17, 15) is 14.4 Å². The number of urea groups is 1. The molecule has 0 spiro atoms. The van der Waals surface area contributed by atoms with Crippen LogP contribution >= 0.6 is 0 Å². The van der Waals surface area contributed by atoms with Crippen molar-refractivity contribution in [3.8, 4) is 0 Å². The Morgan fingerprint density at radius 2 is 1.61 bits per heavy atom. The Balaban J connectivity index is 4.23. The highest BCUT2D eigenvalue weighted by Crippen LogP contribution is 1.87. The number of amides is 3. The van der Waals surface area contributed by atoms with Crippen molar-refractivity contribution >= 4 is 17.9 Å². The number of aliphatic hydroxyl groups excluding tert-OH is 1. The van der Waals surface area contributed by atoms with Gasteiger partial charge in [0.25, 0.3) is 0 Å². The summed E-state index contributed by atoms with van der Waals surface area (Å²) in [6, 6.07) is -3.09. The van der Waals surface area contributed by atoms with E-state index in [-0.39, 0.29) is 11.9 Å². The number of carbonyl (C=O) groups excluding carboxylic acids is 2. The van der Waals surface area contributed by atoms with Crippen LogP contribution in [0.3, 0.4) is 0 Å². The molecule has 0 aromatic carbocycles. The third kappa shape index (κ3) is 6.04. The Kier molecular flexibility index (Phi) is 6.73. The predicted octanol–water partition coefficient (Wildman–Crippen LogP) is -1.36. The molecule has 104 valence electrons. The third-order valence-corrected chi connectivity index (χ3v) is 1.96. The van der Waals surface area contributed by atoms with Crippen molar-refractivity contribution in [1.82, 2.24) is 16.0 Å². The zero-order valence-electron chi connectivity index (χ0n) is 10.6. The van der Waals surface area contributed by atoms with Crippen molar-refractivity contribution in [3.63, 3.8) is 0 Å². The minimum absolute atomic E-state index is 0.0611. The smallest absolute Gasteiger partial charge is 0.328 e. The first kappa shape index (κ1) is 16.2. The molecule has 0 aliphatic rings. The zero-order valence-corrected chi connectivity index (χ0v) is 10.6. The van der Waals surface area contributed by atoms with Crippen LogP contribution in [0, 0.1) is 0 Å². The van der Waals surface area contributed by atoms with Gasteiger partial charge in [0.2, 0.25) is 5.91 Å². The first-order valence-corrected chi connectivity index (χ1v) is 5.49. The second-order valence-corrected chi connectivity index (χ2v) is 4.08. The third-order valence-electron chi connectivity index (χ3n) is 1.96. The molecule has 8 heteroatoms. The van der Waals surface area contributed by atoms with Gasteiger partial charge in [0, 0.05) is 6.04 Å². The number of carbonyl (C=O) groups is 3. The zero-order chi connectivity index (χ0) is 14.3. The summed E-state index contributed by atoms with van der Waals surface area (Å²) in [6.07, 6.45) is 0. The van der Waals surface area contributed by atoms with Crippen LogP contribution in [0.2, 0.25) is 0 Å². The van der Waals surface area contributed by atoms with Crippen molar-refractivity contribution < 1.29 is 24.6 Å². The molecular formula is C10H19N3O5. The molecule has 0 aromatic rings. The van der Waals surface area contributed by atoms with Crippen LogP contribution in [-0.4, -0.2) is 52.9 Å². The molecule has 0 aromatic heterocycles. The van der Waals surface area contributed by atoms with Crippen molar-refractivity contribution in [3.05, 3.63) is 0 Å². The van der Waals surface area contributed by atoms with Crippen LogP contribution in [0.1, 0.15) is 20.8 Å². The summed E-state index contributed by atoms with van der Waals surface area (Å²) in [4.78, 5) is 33.3. The molecule has 0 fully saturated rings. The highest BCUT2D eigenvalue weighted by Gasteiger charge is 2.21. The van der Waals surface area contributed by atoms with Crippen LogP contribution < -0.4 is 16.0 Å². The SMILES string of the molecule is CC(C)NC(=O)C(C)NC(=O)N[C@@H](CO)C(=O)O. The molecule has 3 amide bonds. The van der Waals surface area contributed by atoms with Gasteiger partial charge < -0.3 is 26.2 Å². The Hall–Kier alpha value is -1.83. The largest absolute Gasteiger partial charge is 0.480 e. The molecule has 5 N–H and O–H groups in total. The molecular weight excluding hydrogens is 242 g/mol. The van der Waals surface area contributed by atoms with Crippen molar-refractivity contribution in [2.45, 2.75) is 38.9 Å². The summed E-state index contributed by atoms with van der Waals surface area (Å²) < 4.78 is 0. The van der Waals surface area contributed by atoms with Gasteiger partial charge in [-0.25, -0.2) is 9.59 Å². The minimum Gasteiger partial charge on any atom is -0.480 e. The summed E-state index contributed by atoms with van der Waals surface area (Å²) in [5.74, 6) is -1.73. The summed E-state index contributed by atoms with van der Waals surface area (Å²) in [6.45, 7) is 4.29. The van der Waals surface area contributed by atoms with E-state index in [1.807, 2.05) is 5.32 Å². The van der Waals surface area contributed by atoms with Crippen LogP contribution in [0.25, 0.3) is 0 Å². The predicted molar refractivity (Wildman–Crippen MR) is 62.9 cm³/mol. The van der Waals surface area contributed by atoms with E-state index in [4.69, 9.17) is 10.2 Å². The molecule has 0 saturated carbocycles. The van der Waals surface area contributed by atoms with Crippen molar-refractivity contribution in [2.24, 2.45) is 0 Å². The lowest BCUT2D eigenvalue weighted by Gasteiger charge is -2.18. The molecule has 0 aliphatic carbocycles. The first-order chi connectivity index (χ1) is 8.27. The van der Waals surface area contributed by atoms with E-state index in [1.54, 1.807) is 13.8 Å². The van der Waals surface area contributed by atoms with Gasteiger partial charge in [-0.15, -0.1) is 0 Å².